The number of hydrazine groups is 1. The van der Waals surface area contributed by atoms with E-state index in [1.54, 1.807) is 0 Å². The molecule has 7 nitrogen and oxygen atoms in total. The number of nitrogens with two attached hydrogens (primary N) is 1. The van der Waals surface area contributed by atoms with Gasteiger partial charge in [-0.1, -0.05) is 71.1 Å². The van der Waals surface area contributed by atoms with Crippen molar-refractivity contribution in [1.29, 1.82) is 0 Å². The average molecular weight is 372 g/mol. The van der Waals surface area contributed by atoms with Gasteiger partial charge in [0.15, 0.2) is 0 Å². The SMILES string of the molecule is CCCCCCCCCCCCCC(=O)NN[C@@H](CCC(N)=O)C(=O)O. The second-order valence-corrected chi connectivity index (χ2v) is 6.87. The Morgan fingerprint density at radius 2 is 1.35 bits per heavy atom. The first-order valence-corrected chi connectivity index (χ1v) is 10.0. The molecule has 0 unspecified atom stereocenters. The molecule has 0 aliphatic heterocycles. The van der Waals surface area contributed by atoms with Crippen molar-refractivity contribution in [2.75, 3.05) is 0 Å². The summed E-state index contributed by atoms with van der Waals surface area (Å²) in [7, 11) is 0. The first-order valence-electron chi connectivity index (χ1n) is 10.0. The summed E-state index contributed by atoms with van der Waals surface area (Å²) in [5.74, 6) is -1.92. The molecule has 0 aromatic rings. The zero-order valence-electron chi connectivity index (χ0n) is 16.2. The number of unbranched alkanes of at least 4 members (excludes halogenated alkanes) is 10. The van der Waals surface area contributed by atoms with Gasteiger partial charge in [0, 0.05) is 12.8 Å². The number of carbonyl (C=O) groups is 3. The highest BCUT2D eigenvalue weighted by Gasteiger charge is 2.18. The molecule has 0 aromatic carbocycles. The topological polar surface area (TPSA) is 122 Å². The Morgan fingerprint density at radius 3 is 1.81 bits per heavy atom. The Balaban J connectivity index is 3.55. The Kier molecular flexibility index (Phi) is 15.8. The van der Waals surface area contributed by atoms with E-state index >= 15 is 0 Å². The lowest BCUT2D eigenvalue weighted by atomic mass is 10.1. The average Bonchev–Trinajstić information content (AvgIpc) is 2.59. The number of carboxylic acid groups (broad SMARTS) is 1. The van der Waals surface area contributed by atoms with E-state index in [4.69, 9.17) is 10.8 Å². The number of primary amides is 1. The molecule has 5 N–H and O–H groups in total. The third-order valence-corrected chi connectivity index (χ3v) is 4.37. The van der Waals surface area contributed by atoms with Crippen LogP contribution in [0.2, 0.25) is 0 Å². The van der Waals surface area contributed by atoms with Gasteiger partial charge in [-0.2, -0.15) is 0 Å². The predicted octanol–water partition coefficient (Wildman–Crippen LogP) is 3.03. The van der Waals surface area contributed by atoms with Crippen molar-refractivity contribution in [1.82, 2.24) is 10.9 Å². The van der Waals surface area contributed by atoms with Gasteiger partial charge < -0.3 is 10.8 Å². The lowest BCUT2D eigenvalue weighted by molar-refractivity contribution is -0.140. The highest BCUT2D eigenvalue weighted by Crippen LogP contribution is 2.11. The predicted molar refractivity (Wildman–Crippen MR) is 102 cm³/mol. The summed E-state index contributed by atoms with van der Waals surface area (Å²) < 4.78 is 0. The van der Waals surface area contributed by atoms with Crippen LogP contribution in [0.1, 0.15) is 96.8 Å². The molecular weight excluding hydrogens is 334 g/mol. The second kappa shape index (κ2) is 16.8. The van der Waals surface area contributed by atoms with E-state index in [0.29, 0.717) is 6.42 Å². The number of carboxylic acids is 1. The molecule has 152 valence electrons. The molecule has 0 aliphatic carbocycles. The highest BCUT2D eigenvalue weighted by atomic mass is 16.4. The molecule has 0 saturated carbocycles. The maximum Gasteiger partial charge on any atom is 0.322 e. The standard InChI is InChI=1S/C19H37N3O4/c1-2-3-4-5-6-7-8-9-10-11-12-13-18(24)22-21-16(19(25)26)14-15-17(20)23/h16,21H,2-15H2,1H3,(H2,20,23)(H,22,24)(H,25,26)/t16-/m0/s1. The molecule has 0 bridgehead atoms. The Labute approximate surface area is 157 Å². The summed E-state index contributed by atoms with van der Waals surface area (Å²) in [5.41, 5.74) is 9.86. The van der Waals surface area contributed by atoms with Crippen LogP contribution in [0.5, 0.6) is 0 Å². The summed E-state index contributed by atoms with van der Waals surface area (Å²) in [5, 5.41) is 9.01. The summed E-state index contributed by atoms with van der Waals surface area (Å²) in [6.07, 6.45) is 13.7. The zero-order chi connectivity index (χ0) is 19.6. The number of rotatable bonds is 18. The maximum absolute atomic E-state index is 11.7. The van der Waals surface area contributed by atoms with E-state index in [1.165, 1.54) is 51.4 Å². The van der Waals surface area contributed by atoms with E-state index in [1.807, 2.05) is 0 Å². The minimum atomic E-state index is -1.12. The molecule has 0 rings (SSSR count). The van der Waals surface area contributed by atoms with E-state index in [0.717, 1.165) is 19.3 Å². The van der Waals surface area contributed by atoms with Crippen LogP contribution in [0.25, 0.3) is 0 Å². The van der Waals surface area contributed by atoms with Crippen molar-refractivity contribution in [3.8, 4) is 0 Å². The number of amides is 2. The monoisotopic (exact) mass is 371 g/mol. The number of nitrogens with one attached hydrogen (secondary N) is 2. The van der Waals surface area contributed by atoms with Gasteiger partial charge in [0.1, 0.15) is 6.04 Å². The lowest BCUT2D eigenvalue weighted by Crippen LogP contribution is -2.48. The van der Waals surface area contributed by atoms with Gasteiger partial charge in [0.25, 0.3) is 0 Å². The third kappa shape index (κ3) is 15.9. The van der Waals surface area contributed by atoms with Gasteiger partial charge >= 0.3 is 5.97 Å². The van der Waals surface area contributed by atoms with Gasteiger partial charge in [-0.15, -0.1) is 0 Å². The summed E-state index contributed by atoms with van der Waals surface area (Å²) in [4.78, 5) is 33.4. The molecule has 26 heavy (non-hydrogen) atoms. The summed E-state index contributed by atoms with van der Waals surface area (Å²) in [6, 6.07) is -1.01. The smallest absolute Gasteiger partial charge is 0.322 e. The van der Waals surface area contributed by atoms with Crippen LogP contribution in [-0.4, -0.2) is 28.9 Å². The molecule has 2 amide bonds. The quantitative estimate of drug-likeness (QED) is 0.218. The van der Waals surface area contributed by atoms with Crippen LogP contribution in [0.3, 0.4) is 0 Å². The Bertz CT molecular complexity index is 402. The largest absolute Gasteiger partial charge is 0.480 e. The van der Waals surface area contributed by atoms with Crippen LogP contribution >= 0.6 is 0 Å². The molecule has 0 fully saturated rings. The van der Waals surface area contributed by atoms with E-state index < -0.39 is 17.9 Å². The molecule has 0 heterocycles. The summed E-state index contributed by atoms with van der Waals surface area (Å²) in [6.45, 7) is 2.23. The zero-order valence-corrected chi connectivity index (χ0v) is 16.2. The minimum Gasteiger partial charge on any atom is -0.480 e. The number of aliphatic carboxylic acids is 1. The molecule has 0 aliphatic rings. The maximum atomic E-state index is 11.7. The van der Waals surface area contributed by atoms with Crippen molar-refractivity contribution < 1.29 is 19.5 Å². The minimum absolute atomic E-state index is 0.0432. The highest BCUT2D eigenvalue weighted by molar-refractivity contribution is 5.78. The molecule has 0 saturated heterocycles. The molecule has 7 heteroatoms. The number of hydrogen-bond acceptors (Lipinski definition) is 4. The van der Waals surface area contributed by atoms with Gasteiger partial charge in [0.05, 0.1) is 0 Å². The molecule has 1 atom stereocenters. The first-order chi connectivity index (χ1) is 12.5. The Morgan fingerprint density at radius 1 is 0.846 bits per heavy atom. The fourth-order valence-corrected chi connectivity index (χ4v) is 2.72. The molecule has 0 radical (unpaired) electrons. The van der Waals surface area contributed by atoms with Crippen LogP contribution in [0.4, 0.5) is 0 Å². The molecule has 0 spiro atoms. The Hall–Kier alpha value is -1.63. The second-order valence-electron chi connectivity index (χ2n) is 6.87. The van der Waals surface area contributed by atoms with Crippen molar-refractivity contribution in [3.63, 3.8) is 0 Å². The van der Waals surface area contributed by atoms with Crippen molar-refractivity contribution >= 4 is 17.8 Å². The number of hydrogen-bond donors (Lipinski definition) is 4. The van der Waals surface area contributed by atoms with E-state index in [-0.39, 0.29) is 18.7 Å². The van der Waals surface area contributed by atoms with Gasteiger partial charge in [-0.05, 0) is 12.8 Å². The van der Waals surface area contributed by atoms with Crippen LogP contribution in [-0.2, 0) is 14.4 Å². The fourth-order valence-electron chi connectivity index (χ4n) is 2.72. The molecular formula is C19H37N3O4. The third-order valence-electron chi connectivity index (χ3n) is 4.37. The van der Waals surface area contributed by atoms with Crippen molar-refractivity contribution in [2.24, 2.45) is 5.73 Å². The molecule has 0 aromatic heterocycles. The fraction of sp³-hybridized carbons (Fsp3) is 0.842. The van der Waals surface area contributed by atoms with Crippen LogP contribution in [0.15, 0.2) is 0 Å². The van der Waals surface area contributed by atoms with Crippen LogP contribution < -0.4 is 16.6 Å². The van der Waals surface area contributed by atoms with Gasteiger partial charge in [-0.3, -0.25) is 19.8 Å². The van der Waals surface area contributed by atoms with E-state index in [2.05, 4.69) is 17.8 Å². The van der Waals surface area contributed by atoms with E-state index in [9.17, 15) is 14.4 Å². The van der Waals surface area contributed by atoms with Gasteiger partial charge in [0.2, 0.25) is 11.8 Å². The summed E-state index contributed by atoms with van der Waals surface area (Å²) >= 11 is 0. The first kappa shape index (κ1) is 24.4. The van der Waals surface area contributed by atoms with Gasteiger partial charge in [-0.25, -0.2) is 5.43 Å². The van der Waals surface area contributed by atoms with Crippen molar-refractivity contribution in [3.05, 3.63) is 0 Å². The van der Waals surface area contributed by atoms with Crippen molar-refractivity contribution in [2.45, 2.75) is 103 Å². The van der Waals surface area contributed by atoms with Crippen LogP contribution in [0, 0.1) is 0 Å². The lowest BCUT2D eigenvalue weighted by Gasteiger charge is -2.14. The number of carbonyl (C=O) groups excluding carboxylic acids is 2. The normalized spacial score (nSPS) is 11.9.